The van der Waals surface area contributed by atoms with Gasteiger partial charge in [0.1, 0.15) is 0 Å². The summed E-state index contributed by atoms with van der Waals surface area (Å²) < 4.78 is 10.7. The van der Waals surface area contributed by atoms with E-state index in [9.17, 15) is 0 Å². The van der Waals surface area contributed by atoms with Gasteiger partial charge in [0.15, 0.2) is 0 Å². The van der Waals surface area contributed by atoms with Crippen molar-refractivity contribution in [1.82, 2.24) is 14.9 Å². The standard InChI is InChI=1S/C15H24N4O2/c1-20-14-4-5-16-15(17-14)19-8-6-18(7-9-19)11-13-3-2-10-21-12-13/h4-5,13H,2-3,6-12H2,1H3/t13-/m0/s1. The van der Waals surface area contributed by atoms with E-state index in [0.717, 1.165) is 51.9 Å². The molecule has 2 aliphatic rings. The van der Waals surface area contributed by atoms with E-state index in [4.69, 9.17) is 9.47 Å². The van der Waals surface area contributed by atoms with Gasteiger partial charge in [0.2, 0.25) is 11.8 Å². The van der Waals surface area contributed by atoms with Crippen molar-refractivity contribution in [2.24, 2.45) is 5.92 Å². The monoisotopic (exact) mass is 292 g/mol. The van der Waals surface area contributed by atoms with Crippen LogP contribution in [-0.2, 0) is 4.74 Å². The topological polar surface area (TPSA) is 50.7 Å². The number of hydrogen-bond donors (Lipinski definition) is 0. The lowest BCUT2D eigenvalue weighted by Crippen LogP contribution is -2.49. The smallest absolute Gasteiger partial charge is 0.228 e. The van der Waals surface area contributed by atoms with Crippen LogP contribution < -0.4 is 9.64 Å². The molecule has 0 unspecified atom stereocenters. The summed E-state index contributed by atoms with van der Waals surface area (Å²) >= 11 is 0. The molecule has 0 spiro atoms. The molecule has 0 N–H and O–H groups in total. The number of hydrogen-bond acceptors (Lipinski definition) is 6. The average Bonchev–Trinajstić information content (AvgIpc) is 2.56. The van der Waals surface area contributed by atoms with E-state index in [0.29, 0.717) is 11.8 Å². The summed E-state index contributed by atoms with van der Waals surface area (Å²) in [5.41, 5.74) is 0. The van der Waals surface area contributed by atoms with Crippen LogP contribution in [0, 0.1) is 5.92 Å². The molecule has 0 bridgehead atoms. The number of methoxy groups -OCH3 is 1. The Bertz CT molecular complexity index is 443. The van der Waals surface area contributed by atoms with Crippen molar-refractivity contribution in [3.05, 3.63) is 12.3 Å². The lowest BCUT2D eigenvalue weighted by atomic mass is 10.0. The normalized spacial score (nSPS) is 24.0. The first-order valence-electron chi connectivity index (χ1n) is 7.77. The van der Waals surface area contributed by atoms with Crippen LogP contribution >= 0.6 is 0 Å². The number of anilines is 1. The number of rotatable bonds is 4. The molecule has 0 radical (unpaired) electrons. The van der Waals surface area contributed by atoms with Gasteiger partial charge >= 0.3 is 0 Å². The Hall–Kier alpha value is -1.40. The first-order valence-corrected chi connectivity index (χ1v) is 7.77. The molecule has 2 fully saturated rings. The van der Waals surface area contributed by atoms with Crippen molar-refractivity contribution < 1.29 is 9.47 Å². The third kappa shape index (κ3) is 3.83. The maximum absolute atomic E-state index is 5.57. The molecule has 0 saturated carbocycles. The number of nitrogens with zero attached hydrogens (tertiary/aromatic N) is 4. The summed E-state index contributed by atoms with van der Waals surface area (Å²) in [7, 11) is 1.64. The molecule has 3 heterocycles. The fourth-order valence-corrected chi connectivity index (χ4v) is 3.05. The van der Waals surface area contributed by atoms with Crippen LogP contribution in [0.25, 0.3) is 0 Å². The van der Waals surface area contributed by atoms with Gasteiger partial charge < -0.3 is 14.4 Å². The molecule has 0 aliphatic carbocycles. The minimum Gasteiger partial charge on any atom is -0.481 e. The molecule has 1 aromatic heterocycles. The van der Waals surface area contributed by atoms with Crippen LogP contribution in [0.15, 0.2) is 12.3 Å². The van der Waals surface area contributed by atoms with Gasteiger partial charge in [-0.2, -0.15) is 4.98 Å². The molecular weight excluding hydrogens is 268 g/mol. The van der Waals surface area contributed by atoms with E-state index < -0.39 is 0 Å². The molecule has 116 valence electrons. The van der Waals surface area contributed by atoms with Crippen LogP contribution in [-0.4, -0.2) is 67.9 Å². The van der Waals surface area contributed by atoms with Crippen molar-refractivity contribution in [2.75, 3.05) is 57.9 Å². The fourth-order valence-electron chi connectivity index (χ4n) is 3.05. The fraction of sp³-hybridized carbons (Fsp3) is 0.733. The highest BCUT2D eigenvalue weighted by atomic mass is 16.5. The summed E-state index contributed by atoms with van der Waals surface area (Å²) in [4.78, 5) is 13.5. The summed E-state index contributed by atoms with van der Waals surface area (Å²) in [5.74, 6) is 2.11. The molecule has 2 aliphatic heterocycles. The Morgan fingerprint density at radius 3 is 2.90 bits per heavy atom. The molecule has 0 amide bonds. The molecule has 3 rings (SSSR count). The number of piperazine rings is 1. The van der Waals surface area contributed by atoms with E-state index >= 15 is 0 Å². The second kappa shape index (κ2) is 7.04. The summed E-state index contributed by atoms with van der Waals surface area (Å²) in [6, 6.07) is 1.78. The Kier molecular flexibility index (Phi) is 4.87. The highest BCUT2D eigenvalue weighted by molar-refractivity contribution is 5.32. The third-order valence-corrected chi connectivity index (χ3v) is 4.25. The van der Waals surface area contributed by atoms with Crippen molar-refractivity contribution in [3.8, 4) is 5.88 Å². The van der Waals surface area contributed by atoms with Crippen molar-refractivity contribution in [1.29, 1.82) is 0 Å². The summed E-state index contributed by atoms with van der Waals surface area (Å²) in [6.07, 6.45) is 4.27. The van der Waals surface area contributed by atoms with E-state index in [1.54, 1.807) is 19.4 Å². The lowest BCUT2D eigenvalue weighted by Gasteiger charge is -2.37. The Labute approximate surface area is 126 Å². The van der Waals surface area contributed by atoms with Gasteiger partial charge in [-0.25, -0.2) is 4.98 Å². The Morgan fingerprint density at radius 2 is 2.19 bits per heavy atom. The Morgan fingerprint density at radius 1 is 1.33 bits per heavy atom. The number of ether oxygens (including phenoxy) is 2. The highest BCUT2D eigenvalue weighted by Crippen LogP contribution is 2.18. The van der Waals surface area contributed by atoms with E-state index in [1.165, 1.54) is 12.8 Å². The number of aromatic nitrogens is 2. The zero-order valence-electron chi connectivity index (χ0n) is 12.7. The average molecular weight is 292 g/mol. The van der Waals surface area contributed by atoms with Gasteiger partial charge in [0, 0.05) is 51.6 Å². The van der Waals surface area contributed by atoms with Crippen molar-refractivity contribution in [2.45, 2.75) is 12.8 Å². The van der Waals surface area contributed by atoms with Crippen molar-refractivity contribution >= 4 is 5.95 Å². The molecule has 0 aromatic carbocycles. The van der Waals surface area contributed by atoms with E-state index in [-0.39, 0.29) is 0 Å². The third-order valence-electron chi connectivity index (χ3n) is 4.25. The van der Waals surface area contributed by atoms with Gasteiger partial charge in [-0.05, 0) is 18.8 Å². The SMILES string of the molecule is COc1ccnc(N2CCN(C[C@@H]3CCCOC3)CC2)n1. The van der Waals surface area contributed by atoms with Crippen LogP contribution in [0.4, 0.5) is 5.95 Å². The van der Waals surface area contributed by atoms with E-state index in [2.05, 4.69) is 19.8 Å². The summed E-state index contributed by atoms with van der Waals surface area (Å²) in [5, 5.41) is 0. The molecule has 6 heteroatoms. The van der Waals surface area contributed by atoms with Gasteiger partial charge in [0.05, 0.1) is 13.7 Å². The molecule has 6 nitrogen and oxygen atoms in total. The summed E-state index contributed by atoms with van der Waals surface area (Å²) in [6.45, 7) is 7.11. The van der Waals surface area contributed by atoms with E-state index in [1.807, 2.05) is 0 Å². The molecular formula is C15H24N4O2. The largest absolute Gasteiger partial charge is 0.481 e. The maximum atomic E-state index is 5.57. The highest BCUT2D eigenvalue weighted by Gasteiger charge is 2.23. The second-order valence-electron chi connectivity index (χ2n) is 5.77. The maximum Gasteiger partial charge on any atom is 0.228 e. The van der Waals surface area contributed by atoms with Crippen LogP contribution in [0.1, 0.15) is 12.8 Å². The van der Waals surface area contributed by atoms with Crippen LogP contribution in [0.3, 0.4) is 0 Å². The first kappa shape index (κ1) is 14.5. The Balaban J connectivity index is 1.50. The second-order valence-corrected chi connectivity index (χ2v) is 5.77. The zero-order valence-corrected chi connectivity index (χ0v) is 12.7. The predicted molar refractivity (Wildman–Crippen MR) is 80.8 cm³/mol. The molecule has 1 aromatic rings. The predicted octanol–water partition coefficient (Wildman–Crippen LogP) is 1.03. The van der Waals surface area contributed by atoms with Gasteiger partial charge in [-0.15, -0.1) is 0 Å². The van der Waals surface area contributed by atoms with Gasteiger partial charge in [0.25, 0.3) is 0 Å². The van der Waals surface area contributed by atoms with Gasteiger partial charge in [-0.3, -0.25) is 4.90 Å². The molecule has 2 saturated heterocycles. The van der Waals surface area contributed by atoms with Crippen molar-refractivity contribution in [3.63, 3.8) is 0 Å². The minimum atomic E-state index is 0.627. The van der Waals surface area contributed by atoms with Crippen LogP contribution in [0.5, 0.6) is 5.88 Å². The zero-order chi connectivity index (χ0) is 14.5. The lowest BCUT2D eigenvalue weighted by molar-refractivity contribution is 0.0376. The molecule has 1 atom stereocenters. The quantitative estimate of drug-likeness (QED) is 0.826. The minimum absolute atomic E-state index is 0.627. The van der Waals surface area contributed by atoms with Gasteiger partial charge in [-0.1, -0.05) is 0 Å². The molecule has 21 heavy (non-hydrogen) atoms. The first-order chi connectivity index (χ1) is 10.3. The van der Waals surface area contributed by atoms with Crippen LogP contribution in [0.2, 0.25) is 0 Å².